The molecule has 1 atom stereocenters. The minimum Gasteiger partial charge on any atom is -0.346 e. The molecule has 22 heavy (non-hydrogen) atoms. The van der Waals surface area contributed by atoms with Crippen molar-refractivity contribution >= 4 is 11.8 Å². The Bertz CT molecular complexity index is 494. The molecule has 0 radical (unpaired) electrons. The van der Waals surface area contributed by atoms with Crippen molar-refractivity contribution in [1.29, 1.82) is 0 Å². The summed E-state index contributed by atoms with van der Waals surface area (Å²) in [5.74, 6) is 0.324. The van der Waals surface area contributed by atoms with E-state index in [2.05, 4.69) is 29.6 Å². The largest absolute Gasteiger partial charge is 0.346 e. The molecular weight excluding hydrogens is 278 g/mol. The molecule has 0 saturated carbocycles. The van der Waals surface area contributed by atoms with E-state index in [0.717, 1.165) is 32.4 Å². The molecule has 5 heteroatoms. The number of amides is 2. The molecule has 3 N–H and O–H groups in total. The fourth-order valence-corrected chi connectivity index (χ4v) is 2.77. The first kappa shape index (κ1) is 16.5. The van der Waals surface area contributed by atoms with E-state index >= 15 is 0 Å². The lowest BCUT2D eigenvalue weighted by atomic mass is 9.90. The highest BCUT2D eigenvalue weighted by atomic mass is 16.2. The fourth-order valence-electron chi connectivity index (χ4n) is 2.77. The number of carbonyl (C=O) groups is 2. The molecule has 0 unspecified atom stereocenters. The molecule has 1 heterocycles. The van der Waals surface area contributed by atoms with Crippen molar-refractivity contribution in [2.24, 2.45) is 11.7 Å². The summed E-state index contributed by atoms with van der Waals surface area (Å²) < 4.78 is 0. The van der Waals surface area contributed by atoms with Crippen molar-refractivity contribution < 1.29 is 9.59 Å². The van der Waals surface area contributed by atoms with Gasteiger partial charge < -0.3 is 16.0 Å². The molecule has 2 amide bonds. The molecule has 1 saturated heterocycles. The maximum atomic E-state index is 12.1. The van der Waals surface area contributed by atoms with E-state index in [9.17, 15) is 9.59 Å². The topological polar surface area (TPSA) is 75.4 Å². The van der Waals surface area contributed by atoms with E-state index < -0.39 is 6.04 Å². The van der Waals surface area contributed by atoms with Gasteiger partial charge in [-0.1, -0.05) is 30.3 Å². The number of likely N-dealkylation sites (tertiary alicyclic amines) is 1. The Morgan fingerprint density at radius 3 is 2.50 bits per heavy atom. The van der Waals surface area contributed by atoms with Gasteiger partial charge in [-0.25, -0.2) is 0 Å². The number of nitrogens with zero attached hydrogens (tertiary/aromatic N) is 1. The van der Waals surface area contributed by atoms with Gasteiger partial charge in [-0.05, 0) is 37.7 Å². The number of piperidine rings is 1. The minimum absolute atomic E-state index is 0.0211. The zero-order chi connectivity index (χ0) is 15.9. The van der Waals surface area contributed by atoms with Crippen LogP contribution in [0.1, 0.15) is 25.3 Å². The number of carbonyl (C=O) groups excluding carboxylic acids is 2. The normalized spacial score (nSPS) is 17.1. The summed E-state index contributed by atoms with van der Waals surface area (Å²) in [5, 5.41) is 2.58. The molecule has 1 aromatic carbocycles. The van der Waals surface area contributed by atoms with Crippen LogP contribution < -0.4 is 11.1 Å². The third-order valence-electron chi connectivity index (χ3n) is 4.16. The summed E-state index contributed by atoms with van der Waals surface area (Å²) in [6.45, 7) is 3.19. The highest BCUT2D eigenvalue weighted by Gasteiger charge is 2.23. The Balaban J connectivity index is 1.72. The van der Waals surface area contributed by atoms with Gasteiger partial charge in [0, 0.05) is 13.1 Å². The third-order valence-corrected chi connectivity index (χ3v) is 4.16. The van der Waals surface area contributed by atoms with Crippen molar-refractivity contribution in [1.82, 2.24) is 10.2 Å². The number of hydrogen-bond acceptors (Lipinski definition) is 3. The molecule has 2 rings (SSSR count). The minimum atomic E-state index is -0.579. The second-order valence-electron chi connectivity index (χ2n) is 6.02. The van der Waals surface area contributed by atoms with Crippen molar-refractivity contribution in [2.45, 2.75) is 32.2 Å². The van der Waals surface area contributed by atoms with Crippen LogP contribution in [0, 0.1) is 5.92 Å². The molecule has 1 aromatic rings. The first-order valence-electron chi connectivity index (χ1n) is 7.91. The third kappa shape index (κ3) is 4.84. The maximum absolute atomic E-state index is 12.1. The monoisotopic (exact) mass is 303 g/mol. The first-order valence-corrected chi connectivity index (χ1v) is 7.91. The van der Waals surface area contributed by atoms with Crippen LogP contribution in [-0.2, 0) is 16.0 Å². The highest BCUT2D eigenvalue weighted by Crippen LogP contribution is 2.21. The van der Waals surface area contributed by atoms with Crippen molar-refractivity contribution in [3.05, 3.63) is 35.9 Å². The Morgan fingerprint density at radius 1 is 1.27 bits per heavy atom. The lowest BCUT2D eigenvalue weighted by Gasteiger charge is -2.32. The van der Waals surface area contributed by atoms with Crippen LogP contribution in [0.25, 0.3) is 0 Å². The Labute approximate surface area is 131 Å². The van der Waals surface area contributed by atoms with Gasteiger partial charge in [-0.3, -0.25) is 9.59 Å². The summed E-state index contributed by atoms with van der Waals surface area (Å²) in [5.41, 5.74) is 6.81. The zero-order valence-corrected chi connectivity index (χ0v) is 13.1. The quantitative estimate of drug-likeness (QED) is 0.850. The predicted molar refractivity (Wildman–Crippen MR) is 86.1 cm³/mol. The van der Waals surface area contributed by atoms with Crippen LogP contribution in [0.4, 0.5) is 0 Å². The summed E-state index contributed by atoms with van der Waals surface area (Å²) in [4.78, 5) is 25.3. The Hall–Kier alpha value is -1.88. The molecule has 0 bridgehead atoms. The van der Waals surface area contributed by atoms with Crippen molar-refractivity contribution in [3.8, 4) is 0 Å². The average Bonchev–Trinajstić information content (AvgIpc) is 2.54. The van der Waals surface area contributed by atoms with Crippen molar-refractivity contribution in [3.63, 3.8) is 0 Å². The van der Waals surface area contributed by atoms with Gasteiger partial charge in [-0.15, -0.1) is 0 Å². The summed E-state index contributed by atoms with van der Waals surface area (Å²) in [7, 11) is 0. The second-order valence-corrected chi connectivity index (χ2v) is 6.02. The van der Waals surface area contributed by atoms with E-state index in [1.54, 1.807) is 6.92 Å². The number of benzene rings is 1. The molecule has 120 valence electrons. The molecule has 1 aliphatic heterocycles. The zero-order valence-electron chi connectivity index (χ0n) is 13.1. The number of rotatable bonds is 5. The summed E-state index contributed by atoms with van der Waals surface area (Å²) in [6, 6.07) is 9.89. The van der Waals surface area contributed by atoms with Gasteiger partial charge in [0.15, 0.2) is 0 Å². The first-order chi connectivity index (χ1) is 10.6. The van der Waals surface area contributed by atoms with Gasteiger partial charge in [0.1, 0.15) is 0 Å². The molecule has 0 spiro atoms. The van der Waals surface area contributed by atoms with Gasteiger partial charge in [0.2, 0.25) is 11.8 Å². The van der Waals surface area contributed by atoms with Crippen LogP contribution in [-0.4, -0.2) is 42.4 Å². The SMILES string of the molecule is C[C@@H](N)C(=O)NCC(=O)N1CCC(Cc2ccccc2)CC1. The smallest absolute Gasteiger partial charge is 0.241 e. The molecule has 0 aromatic heterocycles. The second kappa shape index (κ2) is 7.94. The van der Waals surface area contributed by atoms with E-state index in [1.165, 1.54) is 5.56 Å². The van der Waals surface area contributed by atoms with Crippen LogP contribution in [0.2, 0.25) is 0 Å². The molecule has 1 aliphatic rings. The van der Waals surface area contributed by atoms with Crippen LogP contribution in [0.15, 0.2) is 30.3 Å². The fraction of sp³-hybridized carbons (Fsp3) is 0.529. The highest BCUT2D eigenvalue weighted by molar-refractivity contribution is 5.87. The number of hydrogen-bond donors (Lipinski definition) is 2. The van der Waals surface area contributed by atoms with Gasteiger partial charge >= 0.3 is 0 Å². The van der Waals surface area contributed by atoms with E-state index in [-0.39, 0.29) is 18.4 Å². The van der Waals surface area contributed by atoms with Gasteiger partial charge in [0.05, 0.1) is 12.6 Å². The van der Waals surface area contributed by atoms with Crippen molar-refractivity contribution in [2.75, 3.05) is 19.6 Å². The Kier molecular flexibility index (Phi) is 5.95. The lowest BCUT2D eigenvalue weighted by Crippen LogP contribution is -2.47. The number of nitrogens with one attached hydrogen (secondary N) is 1. The van der Waals surface area contributed by atoms with Gasteiger partial charge in [0.25, 0.3) is 0 Å². The predicted octanol–water partition coefficient (Wildman–Crippen LogP) is 0.931. The summed E-state index contributed by atoms with van der Waals surface area (Å²) >= 11 is 0. The van der Waals surface area contributed by atoms with E-state index in [0.29, 0.717) is 5.92 Å². The van der Waals surface area contributed by atoms with Crippen LogP contribution in [0.5, 0.6) is 0 Å². The lowest BCUT2D eigenvalue weighted by molar-refractivity contribution is -0.134. The molecule has 1 fully saturated rings. The van der Waals surface area contributed by atoms with E-state index in [4.69, 9.17) is 5.73 Å². The van der Waals surface area contributed by atoms with Gasteiger partial charge in [-0.2, -0.15) is 0 Å². The number of nitrogens with two attached hydrogens (primary N) is 1. The Morgan fingerprint density at radius 2 is 1.91 bits per heavy atom. The summed E-state index contributed by atoms with van der Waals surface area (Å²) in [6.07, 6.45) is 3.11. The van der Waals surface area contributed by atoms with Crippen LogP contribution >= 0.6 is 0 Å². The van der Waals surface area contributed by atoms with E-state index in [1.807, 2.05) is 11.0 Å². The average molecular weight is 303 g/mol. The molecule has 0 aliphatic carbocycles. The molecule has 5 nitrogen and oxygen atoms in total. The maximum Gasteiger partial charge on any atom is 0.241 e. The molecular formula is C17H25N3O2. The van der Waals surface area contributed by atoms with Crippen LogP contribution in [0.3, 0.4) is 0 Å². The standard InChI is InChI=1S/C17H25N3O2/c1-13(18)17(22)19-12-16(21)20-9-7-15(8-10-20)11-14-5-3-2-4-6-14/h2-6,13,15H,7-12,18H2,1H3,(H,19,22)/t13-/m1/s1.